The predicted octanol–water partition coefficient (Wildman–Crippen LogP) is 4.34. The van der Waals surface area contributed by atoms with Gasteiger partial charge in [-0.2, -0.15) is 0 Å². The average Bonchev–Trinajstić information content (AvgIpc) is 2.65. The van der Waals surface area contributed by atoms with Gasteiger partial charge in [0.25, 0.3) is 0 Å². The normalized spacial score (nSPS) is 12.3. The maximum absolute atomic E-state index is 11.6. The largest absolute Gasteiger partial charge is 0.465 e. The molecule has 0 spiro atoms. The number of aliphatic imine (C=N–C) groups is 1. The maximum atomic E-state index is 11.6. The summed E-state index contributed by atoms with van der Waals surface area (Å²) in [6.07, 6.45) is 1.73. The lowest BCUT2D eigenvalue weighted by Crippen LogP contribution is -2.00. The summed E-state index contributed by atoms with van der Waals surface area (Å²) in [5.74, 6) is -0.368. The zero-order chi connectivity index (χ0) is 14.1. The van der Waals surface area contributed by atoms with Crippen LogP contribution >= 0.6 is 23.4 Å². The molecule has 3 rings (SSSR count). The minimum absolute atomic E-state index is 0.368. The van der Waals surface area contributed by atoms with E-state index in [1.807, 2.05) is 24.3 Å². The number of nitrogens with zero attached hydrogens (tertiary/aromatic N) is 1. The van der Waals surface area contributed by atoms with E-state index in [2.05, 4.69) is 4.99 Å². The van der Waals surface area contributed by atoms with Crippen LogP contribution in [-0.2, 0) is 4.74 Å². The van der Waals surface area contributed by atoms with Gasteiger partial charge in [-0.25, -0.2) is 4.79 Å². The number of hydrogen-bond acceptors (Lipinski definition) is 4. The lowest BCUT2D eigenvalue weighted by atomic mass is 10.2. The SMILES string of the molecule is COC(=O)c1ccc2c(c1)N=Cc1c(Cl)cccc1S2. The van der Waals surface area contributed by atoms with Gasteiger partial charge in [0, 0.05) is 21.6 Å². The second-order valence-corrected chi connectivity index (χ2v) is 5.68. The number of benzene rings is 2. The van der Waals surface area contributed by atoms with Gasteiger partial charge in [0.1, 0.15) is 0 Å². The first-order valence-electron chi connectivity index (χ1n) is 5.92. The number of methoxy groups -OCH3 is 1. The molecule has 0 aromatic heterocycles. The molecule has 0 saturated heterocycles. The molecule has 0 atom stereocenters. The number of carbonyl (C=O) groups excluding carboxylic acids is 1. The van der Waals surface area contributed by atoms with E-state index in [4.69, 9.17) is 16.3 Å². The Kier molecular flexibility index (Phi) is 3.51. The molecule has 0 unspecified atom stereocenters. The van der Waals surface area contributed by atoms with Crippen molar-refractivity contribution in [3.63, 3.8) is 0 Å². The van der Waals surface area contributed by atoms with Crippen molar-refractivity contribution in [2.75, 3.05) is 7.11 Å². The first-order chi connectivity index (χ1) is 9.69. The van der Waals surface area contributed by atoms with E-state index in [1.54, 1.807) is 30.1 Å². The van der Waals surface area contributed by atoms with Crippen LogP contribution < -0.4 is 0 Å². The molecule has 20 heavy (non-hydrogen) atoms. The van der Waals surface area contributed by atoms with Crippen molar-refractivity contribution >= 4 is 41.2 Å². The molecule has 0 aliphatic carbocycles. The fraction of sp³-hybridized carbons (Fsp3) is 0.0667. The van der Waals surface area contributed by atoms with Crippen LogP contribution in [0, 0.1) is 0 Å². The van der Waals surface area contributed by atoms with Gasteiger partial charge in [0.2, 0.25) is 0 Å². The Bertz CT molecular complexity index is 728. The molecule has 1 aliphatic rings. The Hall–Kier alpha value is -1.78. The van der Waals surface area contributed by atoms with Crippen LogP contribution in [0.5, 0.6) is 0 Å². The Morgan fingerprint density at radius 2 is 2.10 bits per heavy atom. The second-order valence-electron chi connectivity index (χ2n) is 4.19. The zero-order valence-electron chi connectivity index (χ0n) is 10.6. The highest BCUT2D eigenvalue weighted by Gasteiger charge is 2.15. The molecule has 100 valence electrons. The van der Waals surface area contributed by atoms with E-state index in [9.17, 15) is 4.79 Å². The molecule has 3 nitrogen and oxygen atoms in total. The summed E-state index contributed by atoms with van der Waals surface area (Å²) in [7, 11) is 1.36. The summed E-state index contributed by atoms with van der Waals surface area (Å²) >= 11 is 7.77. The minimum Gasteiger partial charge on any atom is -0.465 e. The number of carbonyl (C=O) groups is 1. The van der Waals surface area contributed by atoms with Gasteiger partial charge < -0.3 is 4.74 Å². The van der Waals surface area contributed by atoms with Gasteiger partial charge in [-0.3, -0.25) is 4.99 Å². The molecular weight excluding hydrogens is 294 g/mol. The average molecular weight is 304 g/mol. The fourth-order valence-corrected chi connectivity index (χ4v) is 3.22. The first-order valence-corrected chi connectivity index (χ1v) is 7.11. The van der Waals surface area contributed by atoms with Crippen molar-refractivity contribution in [1.29, 1.82) is 0 Å². The van der Waals surface area contributed by atoms with Crippen LogP contribution in [0.2, 0.25) is 5.02 Å². The standard InChI is InChI=1S/C15H10ClNO2S/c1-19-15(18)9-5-6-14-12(7-9)17-8-10-11(16)3-2-4-13(10)20-14/h2-8H,1H3. The molecule has 2 aromatic rings. The van der Waals surface area contributed by atoms with Gasteiger partial charge in [-0.1, -0.05) is 29.4 Å². The number of fused-ring (bicyclic) bond motifs is 2. The molecular formula is C15H10ClNO2S. The first kappa shape index (κ1) is 13.2. The van der Waals surface area contributed by atoms with Gasteiger partial charge >= 0.3 is 5.97 Å². The van der Waals surface area contributed by atoms with E-state index in [1.165, 1.54) is 7.11 Å². The van der Waals surface area contributed by atoms with E-state index < -0.39 is 0 Å². The molecule has 0 saturated carbocycles. The smallest absolute Gasteiger partial charge is 0.337 e. The van der Waals surface area contributed by atoms with E-state index in [0.717, 1.165) is 21.0 Å². The van der Waals surface area contributed by atoms with Crippen LogP contribution in [0.1, 0.15) is 15.9 Å². The van der Waals surface area contributed by atoms with Gasteiger partial charge in [0.15, 0.2) is 0 Å². The Balaban J connectivity index is 2.09. The van der Waals surface area contributed by atoms with E-state index in [0.29, 0.717) is 10.6 Å². The van der Waals surface area contributed by atoms with Crippen LogP contribution in [0.25, 0.3) is 0 Å². The fourth-order valence-electron chi connectivity index (χ4n) is 1.93. The Morgan fingerprint density at radius 1 is 1.25 bits per heavy atom. The number of esters is 1. The quantitative estimate of drug-likeness (QED) is 0.628. The highest BCUT2D eigenvalue weighted by atomic mass is 35.5. The molecule has 0 N–H and O–H groups in total. The number of rotatable bonds is 1. The topological polar surface area (TPSA) is 38.7 Å². The predicted molar refractivity (Wildman–Crippen MR) is 80.6 cm³/mol. The van der Waals surface area contributed by atoms with Crippen LogP contribution in [0.3, 0.4) is 0 Å². The van der Waals surface area contributed by atoms with E-state index in [-0.39, 0.29) is 5.97 Å². The second kappa shape index (κ2) is 5.31. The van der Waals surface area contributed by atoms with Gasteiger partial charge in [-0.15, -0.1) is 0 Å². The summed E-state index contributed by atoms with van der Waals surface area (Å²) in [6.45, 7) is 0. The van der Waals surface area contributed by atoms with Gasteiger partial charge in [0.05, 0.1) is 23.4 Å². The number of ether oxygens (including phenoxy) is 1. The summed E-state index contributed by atoms with van der Waals surface area (Å²) in [5, 5.41) is 0.666. The maximum Gasteiger partial charge on any atom is 0.337 e. The van der Waals surface area contributed by atoms with Crippen LogP contribution in [0.15, 0.2) is 51.2 Å². The van der Waals surface area contributed by atoms with Crippen molar-refractivity contribution in [1.82, 2.24) is 0 Å². The number of hydrogen-bond donors (Lipinski definition) is 0. The third-order valence-electron chi connectivity index (χ3n) is 2.95. The minimum atomic E-state index is -0.368. The highest BCUT2D eigenvalue weighted by molar-refractivity contribution is 7.99. The molecule has 0 fully saturated rings. The zero-order valence-corrected chi connectivity index (χ0v) is 12.2. The van der Waals surface area contributed by atoms with Crippen molar-refractivity contribution < 1.29 is 9.53 Å². The lowest BCUT2D eigenvalue weighted by Gasteiger charge is -2.06. The van der Waals surface area contributed by atoms with Crippen LogP contribution in [0.4, 0.5) is 5.69 Å². The molecule has 0 radical (unpaired) electrons. The summed E-state index contributed by atoms with van der Waals surface area (Å²) in [5.41, 5.74) is 2.13. The Labute approximate surface area is 125 Å². The van der Waals surface area contributed by atoms with Crippen molar-refractivity contribution in [2.24, 2.45) is 4.99 Å². The highest BCUT2D eigenvalue weighted by Crippen LogP contribution is 2.40. The lowest BCUT2D eigenvalue weighted by molar-refractivity contribution is 0.0600. The number of halogens is 1. The van der Waals surface area contributed by atoms with Crippen LogP contribution in [-0.4, -0.2) is 19.3 Å². The molecule has 5 heteroatoms. The molecule has 1 heterocycles. The van der Waals surface area contributed by atoms with Gasteiger partial charge in [-0.05, 0) is 30.3 Å². The summed E-state index contributed by atoms with van der Waals surface area (Å²) < 4.78 is 4.72. The third-order valence-corrected chi connectivity index (χ3v) is 4.42. The Morgan fingerprint density at radius 3 is 2.90 bits per heavy atom. The monoisotopic (exact) mass is 303 g/mol. The van der Waals surface area contributed by atoms with Crippen molar-refractivity contribution in [3.8, 4) is 0 Å². The summed E-state index contributed by atoms with van der Waals surface area (Å²) in [6, 6.07) is 11.1. The molecule has 0 amide bonds. The third kappa shape index (κ3) is 2.32. The van der Waals surface area contributed by atoms with Crippen molar-refractivity contribution in [2.45, 2.75) is 9.79 Å². The molecule has 0 bridgehead atoms. The van der Waals surface area contributed by atoms with Crippen molar-refractivity contribution in [3.05, 3.63) is 52.5 Å². The molecule has 1 aliphatic heterocycles. The summed E-state index contributed by atoms with van der Waals surface area (Å²) in [4.78, 5) is 18.0. The van der Waals surface area contributed by atoms with E-state index >= 15 is 0 Å². The molecule has 2 aromatic carbocycles.